The number of anilines is 3. The largest absolute Gasteiger partial charge is 0.378 e. The number of ether oxygens (including phenoxy) is 1. The second kappa shape index (κ2) is 9.23. The fourth-order valence-electron chi connectivity index (χ4n) is 4.44. The van der Waals surface area contributed by atoms with Crippen LogP contribution in [0.25, 0.3) is 5.69 Å². The average Bonchev–Trinajstić information content (AvgIpc) is 3.23. The van der Waals surface area contributed by atoms with Crippen LogP contribution in [0.1, 0.15) is 5.56 Å². The molecule has 0 atom stereocenters. The van der Waals surface area contributed by atoms with Crippen molar-refractivity contribution in [2.45, 2.75) is 13.0 Å². The maximum Gasteiger partial charge on any atom is 0.246 e. The van der Waals surface area contributed by atoms with Crippen molar-refractivity contribution in [1.29, 1.82) is 0 Å². The standard InChI is InChI=1S/C22H21B5N6O/c1-12-6-13(8-14(7-12)31-2-4-32(5-3-31)15-9-34-10-15)29-22-28-11-33(30-22)21-19(26)17(24)16(23)18(25)20(21)27/h6-8,11,15H,2-5,9-10H2,1H3,(H,29,30). The predicted octanol–water partition coefficient (Wildman–Crippen LogP) is -3.19. The van der Waals surface area contributed by atoms with Crippen molar-refractivity contribution >= 4 is 83.9 Å². The minimum absolute atomic E-state index is 0.159. The van der Waals surface area contributed by atoms with Gasteiger partial charge in [-0.15, -0.1) is 21.5 Å². The van der Waals surface area contributed by atoms with Gasteiger partial charge in [-0.25, -0.2) is 4.68 Å². The smallest absolute Gasteiger partial charge is 0.246 e. The van der Waals surface area contributed by atoms with Crippen molar-refractivity contribution in [3.63, 3.8) is 0 Å². The molecular formula is C22H21B5N6O. The van der Waals surface area contributed by atoms with Crippen molar-refractivity contribution in [1.82, 2.24) is 19.7 Å². The Bertz CT molecular complexity index is 1190. The maximum atomic E-state index is 6.14. The Hall–Kier alpha value is -2.58. The fourth-order valence-corrected chi connectivity index (χ4v) is 4.44. The summed E-state index contributed by atoms with van der Waals surface area (Å²) in [6, 6.07) is 6.93. The second-order valence-corrected chi connectivity index (χ2v) is 8.83. The van der Waals surface area contributed by atoms with Gasteiger partial charge in [0.15, 0.2) is 0 Å². The minimum Gasteiger partial charge on any atom is -0.378 e. The number of aromatic nitrogens is 3. The summed E-state index contributed by atoms with van der Waals surface area (Å²) in [7, 11) is 30.1. The van der Waals surface area contributed by atoms with Gasteiger partial charge in [0.1, 0.15) is 45.6 Å². The van der Waals surface area contributed by atoms with Gasteiger partial charge in [-0.05, 0) is 30.7 Å². The summed E-state index contributed by atoms with van der Waals surface area (Å²) in [5, 5.41) is 7.75. The summed E-state index contributed by atoms with van der Waals surface area (Å²) in [6.07, 6.45) is 1.50. The zero-order chi connectivity index (χ0) is 24.0. The molecule has 5 rings (SSSR count). The predicted molar refractivity (Wildman–Crippen MR) is 141 cm³/mol. The molecule has 160 valence electrons. The number of benzene rings is 2. The minimum atomic E-state index is 0.159. The van der Waals surface area contributed by atoms with Crippen LogP contribution < -0.4 is 37.5 Å². The molecular weight excluding hydrogens is 418 g/mol. The van der Waals surface area contributed by atoms with E-state index in [4.69, 9.17) is 44.0 Å². The lowest BCUT2D eigenvalue weighted by molar-refractivity contribution is -0.0660. The van der Waals surface area contributed by atoms with Gasteiger partial charge in [-0.3, -0.25) is 4.90 Å². The van der Waals surface area contributed by atoms with Crippen LogP contribution in [0, 0.1) is 6.92 Å². The first kappa shape index (κ1) is 23.2. The van der Waals surface area contributed by atoms with E-state index in [9.17, 15) is 0 Å². The molecule has 12 heteroatoms. The van der Waals surface area contributed by atoms with E-state index in [1.807, 2.05) is 6.07 Å². The zero-order valence-electron chi connectivity index (χ0n) is 19.2. The normalized spacial score (nSPS) is 17.0. The Morgan fingerprint density at radius 1 is 0.882 bits per heavy atom. The lowest BCUT2D eigenvalue weighted by atomic mass is 9.62. The summed E-state index contributed by atoms with van der Waals surface area (Å²) >= 11 is 0. The summed E-state index contributed by atoms with van der Waals surface area (Å²) in [6.45, 7) is 7.80. The van der Waals surface area contributed by atoms with Crippen LogP contribution in [0.15, 0.2) is 24.5 Å². The number of hydrogen-bond donors (Lipinski definition) is 1. The SMILES string of the molecule is [B]c1c([B])c([B])c(-n2cnc(Nc3cc(C)cc(N4CCN(C5COC5)CC4)c3)n2)c([B])c1[B]. The quantitative estimate of drug-likeness (QED) is 0.423. The van der Waals surface area contributed by atoms with E-state index in [0.717, 1.165) is 50.6 Å². The fraction of sp³-hybridized carbons (Fsp3) is 0.364. The molecule has 2 aliphatic rings. The van der Waals surface area contributed by atoms with Crippen LogP contribution in [-0.2, 0) is 4.74 Å². The van der Waals surface area contributed by atoms with Crippen LogP contribution in [-0.4, -0.2) is 104 Å². The Kier molecular flexibility index (Phi) is 6.29. The van der Waals surface area contributed by atoms with E-state index in [0.29, 0.717) is 17.7 Å². The van der Waals surface area contributed by atoms with Crippen LogP contribution in [0.2, 0.25) is 0 Å². The number of aryl methyl sites for hydroxylation is 1. The van der Waals surface area contributed by atoms with E-state index in [2.05, 4.69) is 44.3 Å². The van der Waals surface area contributed by atoms with Crippen LogP contribution in [0.3, 0.4) is 0 Å². The third kappa shape index (κ3) is 4.29. The number of hydrogen-bond acceptors (Lipinski definition) is 6. The summed E-state index contributed by atoms with van der Waals surface area (Å²) < 4.78 is 6.78. The Morgan fingerprint density at radius 2 is 1.53 bits per heavy atom. The molecule has 0 amide bonds. The molecule has 3 heterocycles. The molecule has 2 fully saturated rings. The third-order valence-corrected chi connectivity index (χ3v) is 6.53. The molecule has 2 saturated heterocycles. The second-order valence-electron chi connectivity index (χ2n) is 8.83. The molecule has 3 aromatic rings. The van der Waals surface area contributed by atoms with Gasteiger partial charge >= 0.3 is 0 Å². The van der Waals surface area contributed by atoms with Gasteiger partial charge in [-0.2, -0.15) is 4.98 Å². The molecule has 2 aliphatic heterocycles. The maximum absolute atomic E-state index is 6.14. The van der Waals surface area contributed by atoms with Gasteiger partial charge in [-0.1, -0.05) is 10.9 Å². The van der Waals surface area contributed by atoms with Gasteiger partial charge in [0.25, 0.3) is 0 Å². The number of rotatable bonds is 5. The summed E-state index contributed by atoms with van der Waals surface area (Å²) in [5.74, 6) is 0.388. The third-order valence-electron chi connectivity index (χ3n) is 6.53. The van der Waals surface area contributed by atoms with E-state index in [-0.39, 0.29) is 27.3 Å². The van der Waals surface area contributed by atoms with Crippen LogP contribution >= 0.6 is 0 Å². The Morgan fingerprint density at radius 3 is 2.15 bits per heavy atom. The van der Waals surface area contributed by atoms with E-state index in [1.54, 1.807) is 0 Å². The molecule has 10 radical (unpaired) electrons. The topological polar surface area (TPSA) is 58.5 Å². The van der Waals surface area contributed by atoms with E-state index >= 15 is 0 Å². The average molecular weight is 440 g/mol. The van der Waals surface area contributed by atoms with Crippen LogP contribution in [0.5, 0.6) is 0 Å². The van der Waals surface area contributed by atoms with Crippen molar-refractivity contribution < 1.29 is 4.74 Å². The van der Waals surface area contributed by atoms with Gasteiger partial charge in [0.2, 0.25) is 5.95 Å². The molecule has 0 spiro atoms. The Balaban J connectivity index is 1.34. The molecule has 0 saturated carbocycles. The summed E-state index contributed by atoms with van der Waals surface area (Å²) in [5.41, 5.74) is 4.44. The van der Waals surface area contributed by atoms with Crippen molar-refractivity contribution in [3.8, 4) is 5.69 Å². The molecule has 1 aromatic heterocycles. The number of nitrogens with zero attached hydrogens (tertiary/aromatic N) is 5. The first-order valence-corrected chi connectivity index (χ1v) is 11.2. The highest BCUT2D eigenvalue weighted by Crippen LogP contribution is 2.26. The lowest BCUT2D eigenvalue weighted by Crippen LogP contribution is -2.56. The number of piperazine rings is 1. The molecule has 0 aliphatic carbocycles. The molecule has 0 bridgehead atoms. The number of nitrogens with one attached hydrogen (secondary N) is 1. The zero-order valence-corrected chi connectivity index (χ0v) is 19.2. The van der Waals surface area contributed by atoms with Gasteiger partial charge < -0.3 is 15.0 Å². The van der Waals surface area contributed by atoms with Crippen LogP contribution in [0.4, 0.5) is 17.3 Å². The van der Waals surface area contributed by atoms with Gasteiger partial charge in [0, 0.05) is 37.6 Å². The van der Waals surface area contributed by atoms with Gasteiger partial charge in [0.05, 0.1) is 24.9 Å². The van der Waals surface area contributed by atoms with Crippen molar-refractivity contribution in [2.24, 2.45) is 0 Å². The molecule has 0 unspecified atom stereocenters. The first-order chi connectivity index (χ1) is 16.3. The van der Waals surface area contributed by atoms with E-state index in [1.165, 1.54) is 16.7 Å². The molecule has 7 nitrogen and oxygen atoms in total. The first-order valence-electron chi connectivity index (χ1n) is 11.2. The van der Waals surface area contributed by atoms with Crippen molar-refractivity contribution in [2.75, 3.05) is 49.6 Å². The highest BCUT2D eigenvalue weighted by molar-refractivity contribution is 6.68. The summed E-state index contributed by atoms with van der Waals surface area (Å²) in [4.78, 5) is 9.27. The van der Waals surface area contributed by atoms with E-state index < -0.39 is 0 Å². The molecule has 34 heavy (non-hydrogen) atoms. The van der Waals surface area contributed by atoms with Crippen molar-refractivity contribution in [3.05, 3.63) is 30.1 Å². The highest BCUT2D eigenvalue weighted by atomic mass is 16.5. The molecule has 2 aromatic carbocycles. The Labute approximate surface area is 206 Å². The monoisotopic (exact) mass is 440 g/mol. The lowest BCUT2D eigenvalue weighted by Gasteiger charge is -2.43. The highest BCUT2D eigenvalue weighted by Gasteiger charge is 2.29. The molecule has 1 N–H and O–H groups in total.